The molecule has 1 heterocycles. The van der Waals surface area contributed by atoms with Gasteiger partial charge in [0.05, 0.1) is 11.5 Å². The van der Waals surface area contributed by atoms with Crippen LogP contribution in [-0.4, -0.2) is 20.6 Å². The zero-order valence-electron chi connectivity index (χ0n) is 12.5. The van der Waals surface area contributed by atoms with Gasteiger partial charge in [0.2, 0.25) is 6.54 Å². The Kier molecular flexibility index (Phi) is 4.55. The van der Waals surface area contributed by atoms with E-state index in [4.69, 9.17) is 17.3 Å². The van der Waals surface area contributed by atoms with Gasteiger partial charge in [-0.1, -0.05) is 23.7 Å². The first-order valence-electron chi connectivity index (χ1n) is 6.66. The number of hydrogen-bond acceptors (Lipinski definition) is 5. The summed E-state index contributed by atoms with van der Waals surface area (Å²) in [5, 5.41) is 11.5. The van der Waals surface area contributed by atoms with Crippen molar-refractivity contribution < 1.29 is 4.92 Å². The Morgan fingerprint density at radius 2 is 1.78 bits per heavy atom. The summed E-state index contributed by atoms with van der Waals surface area (Å²) in [5.74, 6) is -0.965. The summed E-state index contributed by atoms with van der Waals surface area (Å²) in [6.45, 7) is -0.528. The number of anilines is 1. The van der Waals surface area contributed by atoms with Gasteiger partial charge in [-0.2, -0.15) is 0 Å². The molecule has 1 aromatic carbocycles. The quantitative estimate of drug-likeness (QED) is 0.652. The van der Waals surface area contributed by atoms with Gasteiger partial charge in [0, 0.05) is 24.0 Å². The standard InChI is InChI=1S/C14H15ClN4O4/c1-17-12(16)11(13(20)18(2)14(17)21)10(7-19(22)23)8-3-5-9(15)6-4-8/h3-6,10H,7,16H2,1-2H3. The van der Waals surface area contributed by atoms with Gasteiger partial charge in [-0.05, 0) is 17.7 Å². The number of rotatable bonds is 4. The van der Waals surface area contributed by atoms with Crippen molar-refractivity contribution in [2.24, 2.45) is 14.1 Å². The first-order chi connectivity index (χ1) is 10.7. The highest BCUT2D eigenvalue weighted by Crippen LogP contribution is 2.27. The number of nitro groups is 1. The van der Waals surface area contributed by atoms with Crippen LogP contribution in [0.2, 0.25) is 5.02 Å². The number of hydrogen-bond donors (Lipinski definition) is 1. The molecule has 0 spiro atoms. The van der Waals surface area contributed by atoms with E-state index in [1.165, 1.54) is 14.1 Å². The van der Waals surface area contributed by atoms with Gasteiger partial charge in [-0.3, -0.25) is 24.0 Å². The van der Waals surface area contributed by atoms with Crippen molar-refractivity contribution in [2.45, 2.75) is 5.92 Å². The highest BCUT2D eigenvalue weighted by molar-refractivity contribution is 6.30. The van der Waals surface area contributed by atoms with E-state index in [1.807, 2.05) is 0 Å². The van der Waals surface area contributed by atoms with Crippen molar-refractivity contribution in [3.8, 4) is 0 Å². The van der Waals surface area contributed by atoms with Gasteiger partial charge in [-0.15, -0.1) is 0 Å². The monoisotopic (exact) mass is 338 g/mol. The average molecular weight is 339 g/mol. The minimum absolute atomic E-state index is 0.0219. The molecular formula is C14H15ClN4O4. The molecule has 0 bridgehead atoms. The number of aromatic nitrogens is 2. The molecule has 1 atom stereocenters. The van der Waals surface area contributed by atoms with Crippen LogP contribution in [0.3, 0.4) is 0 Å². The third kappa shape index (κ3) is 3.11. The molecule has 1 unspecified atom stereocenters. The molecule has 0 aliphatic rings. The molecule has 0 saturated carbocycles. The maximum atomic E-state index is 12.4. The molecule has 2 aromatic rings. The predicted molar refractivity (Wildman–Crippen MR) is 86.5 cm³/mol. The fourth-order valence-corrected chi connectivity index (χ4v) is 2.55. The molecule has 0 aliphatic heterocycles. The summed E-state index contributed by atoms with van der Waals surface area (Å²) in [6, 6.07) is 6.35. The van der Waals surface area contributed by atoms with Crippen LogP contribution in [0.5, 0.6) is 0 Å². The Balaban J connectivity index is 2.75. The predicted octanol–water partition coefficient (Wildman–Crippen LogP) is 0.728. The third-order valence-electron chi connectivity index (χ3n) is 3.70. The van der Waals surface area contributed by atoms with Crippen LogP contribution in [0.15, 0.2) is 33.9 Å². The first-order valence-corrected chi connectivity index (χ1v) is 7.04. The van der Waals surface area contributed by atoms with E-state index in [1.54, 1.807) is 24.3 Å². The van der Waals surface area contributed by atoms with E-state index in [-0.39, 0.29) is 11.4 Å². The van der Waals surface area contributed by atoms with E-state index < -0.39 is 28.6 Å². The Labute approximate surface area is 135 Å². The van der Waals surface area contributed by atoms with Crippen LogP contribution < -0.4 is 17.0 Å². The van der Waals surface area contributed by atoms with E-state index in [0.29, 0.717) is 10.6 Å². The first kappa shape index (κ1) is 16.8. The molecule has 8 nitrogen and oxygen atoms in total. The average Bonchev–Trinajstić information content (AvgIpc) is 2.51. The molecule has 0 radical (unpaired) electrons. The fraction of sp³-hybridized carbons (Fsp3) is 0.286. The van der Waals surface area contributed by atoms with Crippen LogP contribution in [0.4, 0.5) is 5.82 Å². The third-order valence-corrected chi connectivity index (χ3v) is 3.95. The van der Waals surface area contributed by atoms with Gasteiger partial charge in [0.25, 0.3) is 5.56 Å². The Hall–Kier alpha value is -2.61. The lowest BCUT2D eigenvalue weighted by atomic mass is 9.92. The smallest absolute Gasteiger partial charge is 0.332 e. The number of halogens is 1. The highest BCUT2D eigenvalue weighted by atomic mass is 35.5. The van der Waals surface area contributed by atoms with Gasteiger partial charge < -0.3 is 5.73 Å². The summed E-state index contributed by atoms with van der Waals surface area (Å²) < 4.78 is 1.98. The van der Waals surface area contributed by atoms with Crippen molar-refractivity contribution in [3.63, 3.8) is 0 Å². The zero-order chi connectivity index (χ0) is 17.3. The van der Waals surface area contributed by atoms with Crippen molar-refractivity contribution in [1.82, 2.24) is 9.13 Å². The number of benzene rings is 1. The molecule has 0 fully saturated rings. The molecule has 23 heavy (non-hydrogen) atoms. The Morgan fingerprint density at radius 3 is 2.30 bits per heavy atom. The van der Waals surface area contributed by atoms with Crippen LogP contribution in [0.1, 0.15) is 17.0 Å². The van der Waals surface area contributed by atoms with Gasteiger partial charge in [0.1, 0.15) is 5.82 Å². The maximum absolute atomic E-state index is 12.4. The molecule has 0 saturated heterocycles. The molecule has 9 heteroatoms. The van der Waals surface area contributed by atoms with Crippen molar-refractivity contribution in [2.75, 3.05) is 12.3 Å². The minimum Gasteiger partial charge on any atom is -0.385 e. The van der Waals surface area contributed by atoms with Crippen molar-refractivity contribution in [1.29, 1.82) is 0 Å². The molecule has 122 valence electrons. The SMILES string of the molecule is Cn1c(N)c(C(C[N+](=O)[O-])c2ccc(Cl)cc2)c(=O)n(C)c1=O. The van der Waals surface area contributed by atoms with E-state index in [9.17, 15) is 19.7 Å². The van der Waals surface area contributed by atoms with E-state index >= 15 is 0 Å². The van der Waals surface area contributed by atoms with E-state index in [0.717, 1.165) is 9.13 Å². The van der Waals surface area contributed by atoms with E-state index in [2.05, 4.69) is 0 Å². The summed E-state index contributed by atoms with van der Waals surface area (Å²) in [5.41, 5.74) is 5.21. The Bertz CT molecular complexity index is 870. The summed E-state index contributed by atoms with van der Waals surface area (Å²) in [4.78, 5) is 34.8. The topological polar surface area (TPSA) is 113 Å². The summed E-state index contributed by atoms with van der Waals surface area (Å²) in [7, 11) is 2.71. The van der Waals surface area contributed by atoms with Crippen LogP contribution in [-0.2, 0) is 14.1 Å². The number of nitrogens with two attached hydrogens (primary N) is 1. The molecule has 1 aromatic heterocycles. The summed E-state index contributed by atoms with van der Waals surface area (Å²) in [6.07, 6.45) is 0. The minimum atomic E-state index is -0.882. The van der Waals surface area contributed by atoms with Crippen molar-refractivity contribution >= 4 is 17.4 Å². The second-order valence-electron chi connectivity index (χ2n) is 5.12. The number of nitrogens with zero attached hydrogens (tertiary/aromatic N) is 3. The maximum Gasteiger partial charge on any atom is 0.332 e. The lowest BCUT2D eigenvalue weighted by molar-refractivity contribution is -0.481. The molecule has 0 amide bonds. The lowest BCUT2D eigenvalue weighted by Crippen LogP contribution is -2.42. The fourth-order valence-electron chi connectivity index (χ4n) is 2.42. The number of nitrogen functional groups attached to an aromatic ring is 1. The second-order valence-corrected chi connectivity index (χ2v) is 5.56. The molecule has 2 rings (SSSR count). The zero-order valence-corrected chi connectivity index (χ0v) is 13.3. The molecule has 2 N–H and O–H groups in total. The molecule has 0 aliphatic carbocycles. The van der Waals surface area contributed by atoms with Gasteiger partial charge >= 0.3 is 5.69 Å². The largest absolute Gasteiger partial charge is 0.385 e. The molecular weight excluding hydrogens is 324 g/mol. The van der Waals surface area contributed by atoms with Crippen LogP contribution in [0, 0.1) is 10.1 Å². The lowest BCUT2D eigenvalue weighted by Gasteiger charge is -2.18. The van der Waals surface area contributed by atoms with Gasteiger partial charge in [0.15, 0.2) is 0 Å². The Morgan fingerprint density at radius 1 is 1.22 bits per heavy atom. The van der Waals surface area contributed by atoms with Crippen LogP contribution >= 0.6 is 11.6 Å². The van der Waals surface area contributed by atoms with Crippen molar-refractivity contribution in [3.05, 3.63) is 71.4 Å². The highest BCUT2D eigenvalue weighted by Gasteiger charge is 2.28. The second kappa shape index (κ2) is 6.25. The van der Waals surface area contributed by atoms with Crippen LogP contribution in [0.25, 0.3) is 0 Å². The normalized spacial score (nSPS) is 12.1. The summed E-state index contributed by atoms with van der Waals surface area (Å²) >= 11 is 5.83. The van der Waals surface area contributed by atoms with Gasteiger partial charge in [-0.25, -0.2) is 4.79 Å².